The SMILES string of the molecule is COc1cccc2c1C=CC=C1SCC(NC3CCCCC3)=C12. The Hall–Kier alpha value is -1.61. The Morgan fingerprint density at radius 2 is 2.04 bits per heavy atom. The predicted octanol–water partition coefficient (Wildman–Crippen LogP) is 4.99. The number of hydrogen-bond donors (Lipinski definition) is 1. The third kappa shape index (κ3) is 2.83. The smallest absolute Gasteiger partial charge is 0.126 e. The summed E-state index contributed by atoms with van der Waals surface area (Å²) in [5.74, 6) is 2.01. The number of thioether (sulfide) groups is 1. The van der Waals surface area contributed by atoms with Crippen molar-refractivity contribution < 1.29 is 4.74 Å². The number of rotatable bonds is 3. The molecule has 1 heterocycles. The van der Waals surface area contributed by atoms with Gasteiger partial charge >= 0.3 is 0 Å². The number of fused-ring (bicyclic) bond motifs is 3. The third-order valence-electron chi connectivity index (χ3n) is 4.97. The zero-order valence-corrected chi connectivity index (χ0v) is 14.4. The van der Waals surface area contributed by atoms with E-state index in [9.17, 15) is 0 Å². The topological polar surface area (TPSA) is 21.3 Å². The van der Waals surface area contributed by atoms with Crippen molar-refractivity contribution in [3.63, 3.8) is 0 Å². The van der Waals surface area contributed by atoms with Gasteiger partial charge < -0.3 is 10.1 Å². The lowest BCUT2D eigenvalue weighted by Crippen LogP contribution is -2.31. The number of allylic oxidation sites excluding steroid dienone is 3. The zero-order valence-electron chi connectivity index (χ0n) is 13.6. The molecule has 1 N–H and O–H groups in total. The Morgan fingerprint density at radius 1 is 1.17 bits per heavy atom. The second-order valence-electron chi connectivity index (χ2n) is 6.43. The summed E-state index contributed by atoms with van der Waals surface area (Å²) in [6.45, 7) is 0. The first kappa shape index (κ1) is 14.9. The molecule has 0 radical (unpaired) electrons. The molecule has 1 aliphatic heterocycles. The van der Waals surface area contributed by atoms with E-state index in [-0.39, 0.29) is 0 Å². The van der Waals surface area contributed by atoms with E-state index in [1.807, 2.05) is 17.8 Å². The molecule has 1 fully saturated rings. The fourth-order valence-electron chi connectivity index (χ4n) is 3.82. The van der Waals surface area contributed by atoms with Gasteiger partial charge in [-0.2, -0.15) is 0 Å². The maximum Gasteiger partial charge on any atom is 0.126 e. The van der Waals surface area contributed by atoms with Crippen LogP contribution < -0.4 is 10.1 Å². The number of nitrogens with one attached hydrogen (secondary N) is 1. The Kier molecular flexibility index (Phi) is 4.21. The molecule has 1 saturated carbocycles. The van der Waals surface area contributed by atoms with Crippen LogP contribution in [0.2, 0.25) is 0 Å². The van der Waals surface area contributed by atoms with Crippen molar-refractivity contribution in [3.05, 3.63) is 52.1 Å². The van der Waals surface area contributed by atoms with Gasteiger partial charge in [-0.05, 0) is 30.5 Å². The number of hydrogen-bond acceptors (Lipinski definition) is 3. The average Bonchev–Trinajstić information content (AvgIpc) is 2.88. The van der Waals surface area contributed by atoms with Crippen LogP contribution in [0.5, 0.6) is 5.75 Å². The van der Waals surface area contributed by atoms with Crippen LogP contribution in [-0.2, 0) is 0 Å². The maximum absolute atomic E-state index is 5.58. The zero-order chi connectivity index (χ0) is 15.6. The van der Waals surface area contributed by atoms with Crippen molar-refractivity contribution >= 4 is 23.4 Å². The highest BCUT2D eigenvalue weighted by atomic mass is 32.2. The average molecular weight is 325 g/mol. The Morgan fingerprint density at radius 3 is 2.87 bits per heavy atom. The second kappa shape index (κ2) is 6.48. The molecule has 23 heavy (non-hydrogen) atoms. The highest BCUT2D eigenvalue weighted by Gasteiger charge is 2.27. The van der Waals surface area contributed by atoms with E-state index in [0.717, 1.165) is 11.5 Å². The largest absolute Gasteiger partial charge is 0.496 e. The monoisotopic (exact) mass is 325 g/mol. The summed E-state index contributed by atoms with van der Waals surface area (Å²) in [5.41, 5.74) is 5.29. The molecule has 120 valence electrons. The van der Waals surface area contributed by atoms with Gasteiger partial charge in [0, 0.05) is 33.5 Å². The van der Waals surface area contributed by atoms with Gasteiger partial charge in [-0.15, -0.1) is 11.8 Å². The minimum atomic E-state index is 0.650. The van der Waals surface area contributed by atoms with Gasteiger partial charge in [-0.1, -0.05) is 43.5 Å². The Labute approximate surface area is 142 Å². The summed E-state index contributed by atoms with van der Waals surface area (Å²) < 4.78 is 5.58. The quantitative estimate of drug-likeness (QED) is 0.846. The number of ether oxygens (including phenoxy) is 1. The van der Waals surface area contributed by atoms with Crippen molar-refractivity contribution in [1.82, 2.24) is 5.32 Å². The molecular formula is C20H23NOS. The van der Waals surface area contributed by atoms with E-state index in [4.69, 9.17) is 4.74 Å². The highest BCUT2D eigenvalue weighted by Crippen LogP contribution is 2.46. The van der Waals surface area contributed by atoms with Gasteiger partial charge in [0.05, 0.1) is 7.11 Å². The van der Waals surface area contributed by atoms with Gasteiger partial charge in [0.1, 0.15) is 5.75 Å². The van der Waals surface area contributed by atoms with Gasteiger partial charge in [0.15, 0.2) is 0 Å². The molecule has 2 aliphatic carbocycles. The van der Waals surface area contributed by atoms with Crippen molar-refractivity contribution in [3.8, 4) is 5.75 Å². The van der Waals surface area contributed by atoms with Gasteiger partial charge in [0.2, 0.25) is 0 Å². The molecule has 0 spiro atoms. The fourth-order valence-corrected chi connectivity index (χ4v) is 4.90. The van der Waals surface area contributed by atoms with Crippen LogP contribution in [0.25, 0.3) is 11.6 Å². The summed E-state index contributed by atoms with van der Waals surface area (Å²) >= 11 is 1.95. The first-order valence-corrected chi connectivity index (χ1v) is 9.54. The van der Waals surface area contributed by atoms with Crippen molar-refractivity contribution in [2.24, 2.45) is 0 Å². The molecule has 3 heteroatoms. The van der Waals surface area contributed by atoms with E-state index in [0.29, 0.717) is 6.04 Å². The standard InChI is InChI=1S/C20H23NOS/c1-22-18-11-5-10-16-15(18)9-6-12-19-20(16)17(13-23-19)21-14-7-3-2-4-8-14/h5-6,9-12,14,21H,2-4,7-8,13H2,1H3. The molecular weight excluding hydrogens is 302 g/mol. The van der Waals surface area contributed by atoms with Crippen LogP contribution in [0.4, 0.5) is 0 Å². The summed E-state index contributed by atoms with van der Waals surface area (Å²) in [6, 6.07) is 7.02. The maximum atomic E-state index is 5.58. The van der Waals surface area contributed by atoms with E-state index >= 15 is 0 Å². The number of benzene rings is 1. The highest BCUT2D eigenvalue weighted by molar-refractivity contribution is 8.04. The molecule has 1 aromatic carbocycles. The fraction of sp³-hybridized carbons (Fsp3) is 0.400. The summed E-state index contributed by atoms with van der Waals surface area (Å²) in [4.78, 5) is 1.38. The molecule has 1 aromatic rings. The predicted molar refractivity (Wildman–Crippen MR) is 99.5 cm³/mol. The minimum absolute atomic E-state index is 0.650. The molecule has 0 unspecified atom stereocenters. The lowest BCUT2D eigenvalue weighted by Gasteiger charge is -2.25. The van der Waals surface area contributed by atoms with E-state index < -0.39 is 0 Å². The van der Waals surface area contributed by atoms with Crippen LogP contribution in [0, 0.1) is 0 Å². The Bertz CT molecular complexity index is 696. The molecule has 3 aliphatic rings. The molecule has 0 amide bonds. The van der Waals surface area contributed by atoms with Gasteiger partial charge in [0.25, 0.3) is 0 Å². The lowest BCUT2D eigenvalue weighted by atomic mass is 9.94. The van der Waals surface area contributed by atoms with E-state index in [1.165, 1.54) is 59.4 Å². The molecule has 0 aromatic heterocycles. The molecule has 0 atom stereocenters. The van der Waals surface area contributed by atoms with Crippen LogP contribution in [-0.4, -0.2) is 18.9 Å². The van der Waals surface area contributed by atoms with Crippen molar-refractivity contribution in [1.29, 1.82) is 0 Å². The molecule has 0 saturated heterocycles. The van der Waals surface area contributed by atoms with Gasteiger partial charge in [-0.25, -0.2) is 0 Å². The first-order chi connectivity index (χ1) is 11.4. The third-order valence-corrected chi connectivity index (χ3v) is 6.05. The summed E-state index contributed by atoms with van der Waals surface area (Å²) in [6.07, 6.45) is 13.3. The van der Waals surface area contributed by atoms with Crippen LogP contribution >= 0.6 is 11.8 Å². The lowest BCUT2D eigenvalue weighted by molar-refractivity contribution is 0.398. The normalized spacial score (nSPS) is 20.7. The van der Waals surface area contributed by atoms with Crippen LogP contribution in [0.15, 0.2) is 41.0 Å². The van der Waals surface area contributed by atoms with E-state index in [1.54, 1.807) is 7.11 Å². The molecule has 4 rings (SSSR count). The summed E-state index contributed by atoms with van der Waals surface area (Å²) in [5, 5.41) is 3.87. The van der Waals surface area contributed by atoms with Crippen LogP contribution in [0.1, 0.15) is 43.2 Å². The van der Waals surface area contributed by atoms with Gasteiger partial charge in [-0.3, -0.25) is 0 Å². The minimum Gasteiger partial charge on any atom is -0.496 e. The first-order valence-electron chi connectivity index (χ1n) is 8.55. The molecule has 2 nitrogen and oxygen atoms in total. The number of methoxy groups -OCH3 is 1. The van der Waals surface area contributed by atoms with Crippen LogP contribution in [0.3, 0.4) is 0 Å². The van der Waals surface area contributed by atoms with Crippen molar-refractivity contribution in [2.45, 2.75) is 38.1 Å². The Balaban J connectivity index is 1.75. The molecule has 0 bridgehead atoms. The second-order valence-corrected chi connectivity index (χ2v) is 7.45. The van der Waals surface area contributed by atoms with Crippen molar-refractivity contribution in [2.75, 3.05) is 12.9 Å². The summed E-state index contributed by atoms with van der Waals surface area (Å²) in [7, 11) is 1.75. The van der Waals surface area contributed by atoms with E-state index in [2.05, 4.69) is 35.7 Å².